The minimum atomic E-state index is -4.06. The number of benzene rings is 3. The highest BCUT2D eigenvalue weighted by Gasteiger charge is 2.32. The Morgan fingerprint density at radius 2 is 1.53 bits per heavy atom. The lowest BCUT2D eigenvalue weighted by molar-refractivity contribution is -0.138. The Hall–Kier alpha value is -3.65. The van der Waals surface area contributed by atoms with E-state index < -0.39 is 28.5 Å². The number of hydrogen-bond donors (Lipinski definition) is 1. The molecule has 2 amide bonds. The van der Waals surface area contributed by atoms with Crippen LogP contribution in [-0.2, 0) is 26.0 Å². The van der Waals surface area contributed by atoms with E-state index in [0.717, 1.165) is 23.1 Å². The van der Waals surface area contributed by atoms with Gasteiger partial charge < -0.3 is 10.2 Å². The fraction of sp³-hybridized carbons (Fsp3) is 0.333. The number of amides is 2. The fourth-order valence-corrected chi connectivity index (χ4v) is 5.70. The minimum Gasteiger partial charge on any atom is -0.354 e. The molecule has 0 aliphatic rings. The maximum atomic E-state index is 13.9. The number of aryl methyl sites for hydroxylation is 1. The van der Waals surface area contributed by atoms with E-state index in [0.29, 0.717) is 18.7 Å². The van der Waals surface area contributed by atoms with E-state index in [9.17, 15) is 18.0 Å². The molecule has 38 heavy (non-hydrogen) atoms. The van der Waals surface area contributed by atoms with Crippen LogP contribution in [0.25, 0.3) is 0 Å². The predicted octanol–water partition coefficient (Wildman–Crippen LogP) is 4.48. The molecule has 3 rings (SSSR count). The van der Waals surface area contributed by atoms with Crippen LogP contribution in [-0.4, -0.2) is 50.8 Å². The Kier molecular flexibility index (Phi) is 10.1. The monoisotopic (exact) mass is 535 g/mol. The van der Waals surface area contributed by atoms with Crippen LogP contribution in [0.1, 0.15) is 37.0 Å². The fourth-order valence-electron chi connectivity index (χ4n) is 4.20. The van der Waals surface area contributed by atoms with Crippen molar-refractivity contribution < 1.29 is 18.0 Å². The Balaban J connectivity index is 1.99. The average molecular weight is 536 g/mol. The average Bonchev–Trinajstić information content (AvgIpc) is 2.93. The van der Waals surface area contributed by atoms with Crippen LogP contribution in [0.3, 0.4) is 0 Å². The largest absolute Gasteiger partial charge is 0.354 e. The second-order valence-corrected chi connectivity index (χ2v) is 11.2. The number of sulfonamides is 1. The molecule has 202 valence electrons. The maximum Gasteiger partial charge on any atom is 0.264 e. The molecule has 0 saturated carbocycles. The van der Waals surface area contributed by atoms with Crippen molar-refractivity contribution in [2.75, 3.05) is 23.9 Å². The van der Waals surface area contributed by atoms with Gasteiger partial charge >= 0.3 is 0 Å². The molecule has 0 aromatic heterocycles. The van der Waals surface area contributed by atoms with Crippen molar-refractivity contribution in [2.45, 2.75) is 51.5 Å². The summed E-state index contributed by atoms with van der Waals surface area (Å²) in [6.07, 6.45) is 1.30. The van der Waals surface area contributed by atoms with Crippen LogP contribution in [0.4, 0.5) is 5.69 Å². The summed E-state index contributed by atoms with van der Waals surface area (Å²) in [5.74, 6) is -0.710. The van der Waals surface area contributed by atoms with E-state index in [-0.39, 0.29) is 17.3 Å². The van der Waals surface area contributed by atoms with Gasteiger partial charge in [0.25, 0.3) is 10.0 Å². The lowest BCUT2D eigenvalue weighted by Crippen LogP contribution is -2.52. The second-order valence-electron chi connectivity index (χ2n) is 9.33. The first-order valence-corrected chi connectivity index (χ1v) is 14.4. The normalized spacial score (nSPS) is 12.0. The van der Waals surface area contributed by atoms with E-state index in [1.807, 2.05) is 57.2 Å². The number of nitrogens with one attached hydrogen (secondary N) is 1. The van der Waals surface area contributed by atoms with E-state index in [2.05, 4.69) is 5.32 Å². The minimum absolute atomic E-state index is 0.0956. The van der Waals surface area contributed by atoms with Gasteiger partial charge in [0.1, 0.15) is 12.6 Å². The molecule has 8 heteroatoms. The van der Waals surface area contributed by atoms with E-state index >= 15 is 0 Å². The van der Waals surface area contributed by atoms with E-state index in [4.69, 9.17) is 0 Å². The van der Waals surface area contributed by atoms with Crippen molar-refractivity contribution in [1.82, 2.24) is 10.2 Å². The molecule has 0 spiro atoms. The number of hydrogen-bond acceptors (Lipinski definition) is 4. The molecule has 3 aromatic rings. The molecule has 0 aliphatic heterocycles. The molecule has 1 N–H and O–H groups in total. The standard InChI is InChI=1S/C30H37N3O4S/c1-5-20-31-30(35)25(4)32(21-19-26-14-8-6-9-15-26)29(34)22-33(28-18-12-13-23(2)24(28)3)38(36,37)27-16-10-7-11-17-27/h6-18,25H,5,19-22H2,1-4H3,(H,31,35)/t25-/m0/s1. The molecule has 0 fully saturated rings. The van der Waals surface area contributed by atoms with Crippen molar-refractivity contribution in [3.63, 3.8) is 0 Å². The highest BCUT2D eigenvalue weighted by molar-refractivity contribution is 7.92. The first-order valence-electron chi connectivity index (χ1n) is 12.9. The smallest absolute Gasteiger partial charge is 0.264 e. The first-order chi connectivity index (χ1) is 18.2. The quantitative estimate of drug-likeness (QED) is 0.370. The van der Waals surface area contributed by atoms with Gasteiger partial charge in [-0.2, -0.15) is 0 Å². The zero-order valence-electron chi connectivity index (χ0n) is 22.6. The molecule has 3 aromatic carbocycles. The second kappa shape index (κ2) is 13.2. The van der Waals surface area contributed by atoms with Crippen LogP contribution >= 0.6 is 0 Å². The zero-order chi connectivity index (χ0) is 27.7. The molecular weight excluding hydrogens is 498 g/mol. The van der Waals surface area contributed by atoms with Crippen LogP contribution in [0, 0.1) is 13.8 Å². The Morgan fingerprint density at radius 3 is 2.16 bits per heavy atom. The van der Waals surface area contributed by atoms with Gasteiger partial charge in [0.15, 0.2) is 0 Å². The van der Waals surface area contributed by atoms with Gasteiger partial charge in [-0.05, 0) is 68.5 Å². The highest BCUT2D eigenvalue weighted by Crippen LogP contribution is 2.29. The van der Waals surface area contributed by atoms with Gasteiger partial charge in [0.05, 0.1) is 10.6 Å². The Morgan fingerprint density at radius 1 is 0.895 bits per heavy atom. The Labute approximate surface area is 226 Å². The zero-order valence-corrected chi connectivity index (χ0v) is 23.4. The molecule has 0 radical (unpaired) electrons. The summed E-state index contributed by atoms with van der Waals surface area (Å²) in [4.78, 5) is 28.4. The number of rotatable bonds is 12. The number of nitrogens with zero attached hydrogens (tertiary/aromatic N) is 2. The van der Waals surface area contributed by atoms with Crippen LogP contribution in [0.5, 0.6) is 0 Å². The van der Waals surface area contributed by atoms with Gasteiger partial charge in [-0.25, -0.2) is 8.42 Å². The van der Waals surface area contributed by atoms with E-state index in [1.54, 1.807) is 37.3 Å². The van der Waals surface area contributed by atoms with Crippen LogP contribution in [0.2, 0.25) is 0 Å². The summed E-state index contributed by atoms with van der Waals surface area (Å²) >= 11 is 0. The predicted molar refractivity (Wildman–Crippen MR) is 152 cm³/mol. The summed E-state index contributed by atoms with van der Waals surface area (Å²) in [5, 5.41) is 2.86. The summed E-state index contributed by atoms with van der Waals surface area (Å²) in [6, 6.07) is 22.4. The summed E-state index contributed by atoms with van der Waals surface area (Å²) in [6.45, 7) is 7.73. The third kappa shape index (κ3) is 7.01. The molecule has 7 nitrogen and oxygen atoms in total. The van der Waals surface area contributed by atoms with E-state index in [1.165, 1.54) is 21.3 Å². The molecule has 0 saturated heterocycles. The van der Waals surface area contributed by atoms with Crippen LogP contribution < -0.4 is 9.62 Å². The topological polar surface area (TPSA) is 86.8 Å². The molecule has 0 heterocycles. The van der Waals surface area contributed by atoms with Crippen molar-refractivity contribution in [3.8, 4) is 0 Å². The van der Waals surface area contributed by atoms with Gasteiger partial charge in [-0.1, -0.05) is 67.6 Å². The molecule has 0 aliphatic carbocycles. The maximum absolute atomic E-state index is 13.9. The van der Waals surface area contributed by atoms with Crippen molar-refractivity contribution in [2.24, 2.45) is 0 Å². The van der Waals surface area contributed by atoms with Gasteiger partial charge in [0, 0.05) is 13.1 Å². The SMILES string of the molecule is CCCNC(=O)[C@H](C)N(CCc1ccccc1)C(=O)CN(c1cccc(C)c1C)S(=O)(=O)c1ccccc1. The number of carbonyl (C=O) groups excluding carboxylic acids is 2. The van der Waals surface area contributed by atoms with Gasteiger partial charge in [0.2, 0.25) is 11.8 Å². The molecule has 0 unspecified atom stereocenters. The van der Waals surface area contributed by atoms with Crippen LogP contribution in [0.15, 0.2) is 83.8 Å². The van der Waals surface area contributed by atoms with Gasteiger partial charge in [-0.15, -0.1) is 0 Å². The van der Waals surface area contributed by atoms with Gasteiger partial charge in [-0.3, -0.25) is 13.9 Å². The lowest BCUT2D eigenvalue weighted by Gasteiger charge is -2.32. The number of carbonyl (C=O) groups is 2. The third-order valence-corrected chi connectivity index (χ3v) is 8.43. The third-order valence-electron chi connectivity index (χ3n) is 6.66. The molecular formula is C30H37N3O4S. The Bertz CT molecular complexity index is 1330. The van der Waals surface area contributed by atoms with Crippen molar-refractivity contribution in [3.05, 3.63) is 95.6 Å². The summed E-state index contributed by atoms with van der Waals surface area (Å²) in [7, 11) is -4.06. The van der Waals surface area contributed by atoms with Crippen molar-refractivity contribution >= 4 is 27.5 Å². The summed E-state index contributed by atoms with van der Waals surface area (Å²) < 4.78 is 28.9. The molecule has 0 bridgehead atoms. The lowest BCUT2D eigenvalue weighted by atomic mass is 10.1. The molecule has 1 atom stereocenters. The van der Waals surface area contributed by atoms with Crippen molar-refractivity contribution in [1.29, 1.82) is 0 Å². The summed E-state index contributed by atoms with van der Waals surface area (Å²) in [5.41, 5.74) is 3.14. The highest BCUT2D eigenvalue weighted by atomic mass is 32.2. The number of anilines is 1. The first kappa shape index (κ1) is 28.9.